The molecule has 2 fully saturated rings. The predicted octanol–water partition coefficient (Wildman–Crippen LogP) is 0.658. The lowest BCUT2D eigenvalue weighted by Gasteiger charge is -2.30. The van der Waals surface area contributed by atoms with Gasteiger partial charge in [-0.05, 0) is 44.2 Å². The highest BCUT2D eigenvalue weighted by molar-refractivity contribution is 7.91. The topological polar surface area (TPSA) is 66.5 Å². The molecule has 3 unspecified atom stereocenters. The van der Waals surface area contributed by atoms with Gasteiger partial charge in [0.15, 0.2) is 9.84 Å². The normalized spacial score (nSPS) is 30.9. The van der Waals surface area contributed by atoms with E-state index in [2.05, 4.69) is 12.2 Å². The summed E-state index contributed by atoms with van der Waals surface area (Å²) >= 11 is 0. The summed E-state index contributed by atoms with van der Waals surface area (Å²) in [5.41, 5.74) is 0. The molecule has 1 N–H and O–H groups in total. The van der Waals surface area contributed by atoms with Crippen molar-refractivity contribution in [2.45, 2.75) is 38.6 Å². The quantitative estimate of drug-likeness (QED) is 0.828. The maximum atomic E-state index is 12.3. The fourth-order valence-corrected chi connectivity index (χ4v) is 5.01. The zero-order valence-corrected chi connectivity index (χ0v) is 13.3. The van der Waals surface area contributed by atoms with Crippen LogP contribution in [0.4, 0.5) is 0 Å². The average Bonchev–Trinajstić information content (AvgIpc) is 2.79. The van der Waals surface area contributed by atoms with Crippen molar-refractivity contribution in [3.8, 4) is 0 Å². The number of rotatable bonds is 4. The summed E-state index contributed by atoms with van der Waals surface area (Å²) in [6, 6.07) is -0.121. The molecule has 0 aromatic heterocycles. The van der Waals surface area contributed by atoms with Crippen LogP contribution < -0.4 is 5.32 Å². The van der Waals surface area contributed by atoms with Crippen LogP contribution in [-0.4, -0.2) is 56.9 Å². The van der Waals surface area contributed by atoms with Gasteiger partial charge in [-0.3, -0.25) is 4.79 Å². The van der Waals surface area contributed by atoms with Crippen LogP contribution in [0.5, 0.6) is 0 Å². The first-order valence-corrected chi connectivity index (χ1v) is 9.38. The molecule has 2 heterocycles. The van der Waals surface area contributed by atoms with E-state index in [1.54, 1.807) is 11.9 Å². The van der Waals surface area contributed by atoms with Crippen molar-refractivity contribution < 1.29 is 13.2 Å². The van der Waals surface area contributed by atoms with Gasteiger partial charge in [-0.2, -0.15) is 0 Å². The number of piperidine rings is 1. The Morgan fingerprint density at radius 1 is 1.40 bits per heavy atom. The number of hydrogen-bond donors (Lipinski definition) is 1. The summed E-state index contributed by atoms with van der Waals surface area (Å²) in [4.78, 5) is 14.0. The molecule has 2 aliphatic heterocycles. The van der Waals surface area contributed by atoms with E-state index in [0.717, 1.165) is 13.1 Å². The molecule has 5 nitrogen and oxygen atoms in total. The van der Waals surface area contributed by atoms with Crippen LogP contribution in [0.1, 0.15) is 32.6 Å². The lowest BCUT2D eigenvalue weighted by atomic mass is 9.85. The number of amides is 1. The smallest absolute Gasteiger partial charge is 0.222 e. The first-order valence-electron chi connectivity index (χ1n) is 7.56. The van der Waals surface area contributed by atoms with Gasteiger partial charge in [0.1, 0.15) is 0 Å². The molecule has 0 spiro atoms. The predicted molar refractivity (Wildman–Crippen MR) is 79.2 cm³/mol. The van der Waals surface area contributed by atoms with Gasteiger partial charge in [0, 0.05) is 19.5 Å². The number of carbonyl (C=O) groups is 1. The Labute approximate surface area is 122 Å². The molecule has 0 saturated carbocycles. The molecule has 0 bridgehead atoms. The summed E-state index contributed by atoms with van der Waals surface area (Å²) in [5.74, 6) is 1.36. The summed E-state index contributed by atoms with van der Waals surface area (Å²) in [5, 5.41) is 3.38. The highest BCUT2D eigenvalue weighted by Gasteiger charge is 2.33. The Bertz CT molecular complexity index is 443. The molecule has 0 aromatic carbocycles. The van der Waals surface area contributed by atoms with Crippen LogP contribution >= 0.6 is 0 Å². The second-order valence-corrected chi connectivity index (χ2v) is 8.58. The van der Waals surface area contributed by atoms with Crippen molar-refractivity contribution in [1.82, 2.24) is 10.2 Å². The van der Waals surface area contributed by atoms with Gasteiger partial charge in [-0.1, -0.05) is 6.92 Å². The fraction of sp³-hybridized carbons (Fsp3) is 0.929. The third-order valence-corrected chi connectivity index (χ3v) is 6.54. The van der Waals surface area contributed by atoms with Crippen LogP contribution in [-0.2, 0) is 14.6 Å². The molecule has 2 rings (SSSR count). The molecule has 2 aliphatic rings. The van der Waals surface area contributed by atoms with E-state index < -0.39 is 9.84 Å². The third kappa shape index (κ3) is 3.95. The van der Waals surface area contributed by atoms with E-state index in [1.807, 2.05) is 0 Å². The van der Waals surface area contributed by atoms with Gasteiger partial charge in [-0.25, -0.2) is 8.42 Å². The minimum atomic E-state index is -2.93. The van der Waals surface area contributed by atoms with Gasteiger partial charge >= 0.3 is 0 Å². The van der Waals surface area contributed by atoms with Crippen molar-refractivity contribution in [2.24, 2.45) is 11.8 Å². The summed E-state index contributed by atoms with van der Waals surface area (Å²) in [6.45, 7) is 4.21. The summed E-state index contributed by atoms with van der Waals surface area (Å²) in [6.07, 6.45) is 3.48. The van der Waals surface area contributed by atoms with E-state index in [4.69, 9.17) is 0 Å². The van der Waals surface area contributed by atoms with Crippen molar-refractivity contribution in [3.63, 3.8) is 0 Å². The molecule has 20 heavy (non-hydrogen) atoms. The van der Waals surface area contributed by atoms with E-state index in [0.29, 0.717) is 24.7 Å². The second-order valence-electron chi connectivity index (χ2n) is 6.35. The lowest BCUT2D eigenvalue weighted by Crippen LogP contribution is -2.40. The molecule has 6 heteroatoms. The number of nitrogens with one attached hydrogen (secondary N) is 1. The number of sulfone groups is 1. The van der Waals surface area contributed by atoms with E-state index >= 15 is 0 Å². The molecule has 0 aliphatic carbocycles. The Morgan fingerprint density at radius 3 is 2.70 bits per heavy atom. The largest absolute Gasteiger partial charge is 0.342 e. The van der Waals surface area contributed by atoms with E-state index in [1.165, 1.54) is 12.8 Å². The molecular weight excluding hydrogens is 276 g/mol. The number of nitrogens with zero attached hydrogens (tertiary/aromatic N) is 1. The molecule has 116 valence electrons. The molecule has 1 amide bonds. The lowest BCUT2D eigenvalue weighted by molar-refractivity contribution is -0.132. The number of hydrogen-bond acceptors (Lipinski definition) is 4. The Balaban J connectivity index is 1.84. The Morgan fingerprint density at radius 2 is 2.15 bits per heavy atom. The first-order chi connectivity index (χ1) is 9.39. The zero-order chi connectivity index (χ0) is 14.8. The molecule has 3 atom stereocenters. The summed E-state index contributed by atoms with van der Waals surface area (Å²) in [7, 11) is -1.18. The van der Waals surface area contributed by atoms with Gasteiger partial charge in [0.25, 0.3) is 0 Å². The number of carbonyl (C=O) groups excluding carboxylic acids is 1. The van der Waals surface area contributed by atoms with E-state index in [-0.39, 0.29) is 23.5 Å². The monoisotopic (exact) mass is 302 g/mol. The highest BCUT2D eigenvalue weighted by atomic mass is 32.2. The Kier molecular flexibility index (Phi) is 5.07. The van der Waals surface area contributed by atoms with Gasteiger partial charge < -0.3 is 10.2 Å². The standard InChI is InChI=1S/C14H26N2O3S/c1-11(12-4-3-6-15-9-12)8-14(17)16(2)13-5-7-20(18,19)10-13/h11-13,15H,3-10H2,1-2H3. The van der Waals surface area contributed by atoms with Gasteiger partial charge in [0.2, 0.25) is 5.91 Å². The third-order valence-electron chi connectivity index (χ3n) is 4.79. The SMILES string of the molecule is CC(CC(=O)N(C)C1CCS(=O)(=O)C1)C1CCCNC1. The maximum absolute atomic E-state index is 12.3. The Hall–Kier alpha value is -0.620. The van der Waals surface area contributed by atoms with Gasteiger partial charge in [-0.15, -0.1) is 0 Å². The fourth-order valence-electron chi connectivity index (χ4n) is 3.24. The molecule has 0 radical (unpaired) electrons. The maximum Gasteiger partial charge on any atom is 0.222 e. The van der Waals surface area contributed by atoms with Crippen molar-refractivity contribution in [3.05, 3.63) is 0 Å². The van der Waals surface area contributed by atoms with Crippen molar-refractivity contribution >= 4 is 15.7 Å². The minimum absolute atomic E-state index is 0.0881. The van der Waals surface area contributed by atoms with Crippen molar-refractivity contribution in [2.75, 3.05) is 31.6 Å². The van der Waals surface area contributed by atoms with Gasteiger partial charge in [0.05, 0.1) is 11.5 Å². The van der Waals surface area contributed by atoms with E-state index in [9.17, 15) is 13.2 Å². The van der Waals surface area contributed by atoms with Crippen LogP contribution in [0.2, 0.25) is 0 Å². The van der Waals surface area contributed by atoms with Crippen LogP contribution in [0.3, 0.4) is 0 Å². The van der Waals surface area contributed by atoms with Crippen LogP contribution in [0, 0.1) is 11.8 Å². The van der Waals surface area contributed by atoms with Crippen molar-refractivity contribution in [1.29, 1.82) is 0 Å². The summed E-state index contributed by atoms with van der Waals surface area (Å²) < 4.78 is 23.0. The molecular formula is C14H26N2O3S. The average molecular weight is 302 g/mol. The minimum Gasteiger partial charge on any atom is -0.342 e. The van der Waals surface area contributed by atoms with Crippen LogP contribution in [0.15, 0.2) is 0 Å². The zero-order valence-electron chi connectivity index (χ0n) is 12.5. The second kappa shape index (κ2) is 6.43. The first kappa shape index (κ1) is 15.8. The van der Waals surface area contributed by atoms with Crippen LogP contribution in [0.25, 0.3) is 0 Å². The highest BCUT2D eigenvalue weighted by Crippen LogP contribution is 2.24. The molecule has 0 aromatic rings. The molecule has 2 saturated heterocycles.